The van der Waals surface area contributed by atoms with Gasteiger partial charge < -0.3 is 4.42 Å². The lowest BCUT2D eigenvalue weighted by atomic mass is 10.00. The quantitative estimate of drug-likeness (QED) is 0.780. The second-order valence-electron chi connectivity index (χ2n) is 6.37. The van der Waals surface area contributed by atoms with Crippen molar-refractivity contribution >= 4 is 11.8 Å². The van der Waals surface area contributed by atoms with Crippen LogP contribution < -0.4 is 0 Å². The molecule has 3 heterocycles. The minimum Gasteiger partial charge on any atom is -0.424 e. The van der Waals surface area contributed by atoms with Gasteiger partial charge in [-0.25, -0.2) is 0 Å². The Kier molecular flexibility index (Phi) is 3.65. The number of amides is 2. The zero-order valence-electron chi connectivity index (χ0n) is 13.4. The number of carbonyl (C=O) groups is 2. The van der Waals surface area contributed by atoms with Gasteiger partial charge in [0.15, 0.2) is 0 Å². The van der Waals surface area contributed by atoms with Crippen LogP contribution in [0.4, 0.5) is 0 Å². The molecule has 0 spiro atoms. The molecule has 1 aromatic carbocycles. The Hall–Kier alpha value is -2.54. The highest BCUT2D eigenvalue weighted by molar-refractivity contribution is 6.05. The molecular formula is C17H18N4O3. The van der Waals surface area contributed by atoms with Crippen molar-refractivity contribution in [2.24, 2.45) is 11.8 Å². The lowest BCUT2D eigenvalue weighted by Gasteiger charge is -2.19. The van der Waals surface area contributed by atoms with Crippen molar-refractivity contribution < 1.29 is 14.0 Å². The Bertz CT molecular complexity index is 749. The van der Waals surface area contributed by atoms with Gasteiger partial charge in [-0.05, 0) is 5.56 Å². The van der Waals surface area contributed by atoms with E-state index in [1.54, 1.807) is 6.92 Å². The summed E-state index contributed by atoms with van der Waals surface area (Å²) >= 11 is 0. The molecule has 0 N–H and O–H groups in total. The maximum Gasteiger partial charge on any atom is 0.234 e. The summed E-state index contributed by atoms with van der Waals surface area (Å²) in [5.41, 5.74) is 0.970. The van der Waals surface area contributed by atoms with Crippen LogP contribution in [0.1, 0.15) is 17.3 Å². The zero-order chi connectivity index (χ0) is 16.7. The maximum absolute atomic E-state index is 12.6. The first-order chi connectivity index (χ1) is 11.6. The molecule has 7 heteroatoms. The molecule has 2 aliphatic heterocycles. The van der Waals surface area contributed by atoms with Crippen LogP contribution in [0.3, 0.4) is 0 Å². The summed E-state index contributed by atoms with van der Waals surface area (Å²) in [5, 5.41) is 7.78. The first-order valence-corrected chi connectivity index (χ1v) is 8.02. The molecule has 2 unspecified atom stereocenters. The fourth-order valence-corrected chi connectivity index (χ4v) is 3.54. The number of fused-ring (bicyclic) bond motifs is 1. The monoisotopic (exact) mass is 326 g/mol. The van der Waals surface area contributed by atoms with Crippen LogP contribution in [-0.2, 0) is 22.7 Å². The number of likely N-dealkylation sites (tertiary alicyclic amines) is 2. The van der Waals surface area contributed by atoms with E-state index in [9.17, 15) is 9.59 Å². The molecule has 124 valence electrons. The van der Waals surface area contributed by atoms with Gasteiger partial charge in [-0.15, -0.1) is 10.2 Å². The third-order valence-electron chi connectivity index (χ3n) is 4.67. The molecule has 24 heavy (non-hydrogen) atoms. The van der Waals surface area contributed by atoms with Crippen molar-refractivity contribution in [3.63, 3.8) is 0 Å². The maximum atomic E-state index is 12.6. The van der Waals surface area contributed by atoms with Crippen molar-refractivity contribution in [2.45, 2.75) is 20.0 Å². The van der Waals surface area contributed by atoms with Crippen LogP contribution in [0.5, 0.6) is 0 Å². The summed E-state index contributed by atoms with van der Waals surface area (Å²) in [5.74, 6) is 0.380. The number of nitrogens with zero attached hydrogens (tertiary/aromatic N) is 4. The summed E-state index contributed by atoms with van der Waals surface area (Å²) in [4.78, 5) is 28.7. The van der Waals surface area contributed by atoms with E-state index in [-0.39, 0.29) is 23.7 Å². The summed E-state index contributed by atoms with van der Waals surface area (Å²) < 4.78 is 5.38. The normalized spacial score (nSPS) is 24.0. The minimum absolute atomic E-state index is 0.0712. The topological polar surface area (TPSA) is 79.5 Å². The number of hydrogen-bond acceptors (Lipinski definition) is 6. The molecule has 0 aliphatic carbocycles. The van der Waals surface area contributed by atoms with E-state index in [1.807, 2.05) is 35.2 Å². The molecule has 0 bridgehead atoms. The molecule has 4 rings (SSSR count). The molecule has 2 saturated heterocycles. The molecule has 2 atom stereocenters. The minimum atomic E-state index is -0.259. The number of rotatable bonds is 4. The molecule has 2 amide bonds. The number of aryl methyl sites for hydroxylation is 1. The third kappa shape index (κ3) is 2.60. The predicted octanol–water partition coefficient (Wildman–Crippen LogP) is 0.995. The first kappa shape index (κ1) is 15.0. The van der Waals surface area contributed by atoms with Crippen LogP contribution in [0, 0.1) is 18.8 Å². The molecule has 1 aromatic heterocycles. The second-order valence-corrected chi connectivity index (χ2v) is 6.37. The van der Waals surface area contributed by atoms with Crippen molar-refractivity contribution in [3.05, 3.63) is 47.7 Å². The summed E-state index contributed by atoms with van der Waals surface area (Å²) in [6.07, 6.45) is 0. The Morgan fingerprint density at radius 1 is 1.04 bits per heavy atom. The highest BCUT2D eigenvalue weighted by Crippen LogP contribution is 2.34. The van der Waals surface area contributed by atoms with Gasteiger partial charge in [0.2, 0.25) is 23.6 Å². The van der Waals surface area contributed by atoms with E-state index in [0.29, 0.717) is 38.0 Å². The van der Waals surface area contributed by atoms with Gasteiger partial charge in [-0.3, -0.25) is 19.4 Å². The Labute approximate surface area is 139 Å². The van der Waals surface area contributed by atoms with Gasteiger partial charge in [-0.1, -0.05) is 30.3 Å². The number of imide groups is 1. The average Bonchev–Trinajstić information content (AvgIpc) is 3.23. The van der Waals surface area contributed by atoms with Crippen molar-refractivity contribution in [1.29, 1.82) is 0 Å². The van der Waals surface area contributed by atoms with Crippen LogP contribution in [0.25, 0.3) is 0 Å². The van der Waals surface area contributed by atoms with Crippen LogP contribution >= 0.6 is 0 Å². The highest BCUT2D eigenvalue weighted by Gasteiger charge is 2.52. The average molecular weight is 326 g/mol. The van der Waals surface area contributed by atoms with Gasteiger partial charge in [-0.2, -0.15) is 0 Å². The number of hydrogen-bond donors (Lipinski definition) is 0. The van der Waals surface area contributed by atoms with E-state index in [4.69, 9.17) is 4.42 Å². The molecule has 7 nitrogen and oxygen atoms in total. The fourth-order valence-electron chi connectivity index (χ4n) is 3.54. The molecule has 2 aromatic rings. The second kappa shape index (κ2) is 5.83. The molecule has 0 radical (unpaired) electrons. The lowest BCUT2D eigenvalue weighted by molar-refractivity contribution is -0.141. The summed E-state index contributed by atoms with van der Waals surface area (Å²) in [6, 6.07) is 9.60. The summed E-state index contributed by atoms with van der Waals surface area (Å²) in [7, 11) is 0. The van der Waals surface area contributed by atoms with E-state index < -0.39 is 0 Å². The van der Waals surface area contributed by atoms with Gasteiger partial charge >= 0.3 is 0 Å². The fraction of sp³-hybridized carbons (Fsp3) is 0.412. The third-order valence-corrected chi connectivity index (χ3v) is 4.67. The smallest absolute Gasteiger partial charge is 0.234 e. The Morgan fingerprint density at radius 2 is 1.71 bits per heavy atom. The Morgan fingerprint density at radius 3 is 2.29 bits per heavy atom. The van der Waals surface area contributed by atoms with Gasteiger partial charge in [0.05, 0.1) is 24.9 Å². The van der Waals surface area contributed by atoms with Crippen LogP contribution in [0.15, 0.2) is 34.7 Å². The van der Waals surface area contributed by atoms with Gasteiger partial charge in [0, 0.05) is 20.0 Å². The largest absolute Gasteiger partial charge is 0.424 e. The van der Waals surface area contributed by atoms with E-state index in [0.717, 1.165) is 5.56 Å². The highest BCUT2D eigenvalue weighted by atomic mass is 16.4. The van der Waals surface area contributed by atoms with Gasteiger partial charge in [0.1, 0.15) is 0 Å². The Balaban J connectivity index is 1.44. The van der Waals surface area contributed by atoms with E-state index in [2.05, 4.69) is 10.2 Å². The first-order valence-electron chi connectivity index (χ1n) is 8.02. The van der Waals surface area contributed by atoms with Crippen LogP contribution in [-0.4, -0.2) is 44.9 Å². The van der Waals surface area contributed by atoms with E-state index in [1.165, 1.54) is 4.90 Å². The van der Waals surface area contributed by atoms with E-state index >= 15 is 0 Å². The SMILES string of the molecule is Cc1nnc(CN2CC3C(=O)N(Cc4ccccc4)C(=O)C3C2)o1. The predicted molar refractivity (Wildman–Crippen MR) is 83.3 cm³/mol. The molecule has 2 fully saturated rings. The molecular weight excluding hydrogens is 308 g/mol. The van der Waals surface area contributed by atoms with Crippen LogP contribution in [0.2, 0.25) is 0 Å². The number of carbonyl (C=O) groups excluding carboxylic acids is 2. The lowest BCUT2D eigenvalue weighted by Crippen LogP contribution is -2.35. The zero-order valence-corrected chi connectivity index (χ0v) is 13.4. The van der Waals surface area contributed by atoms with Gasteiger partial charge in [0.25, 0.3) is 0 Å². The molecule has 0 saturated carbocycles. The standard InChI is InChI=1S/C17H18N4O3/c1-11-18-19-15(24-11)10-20-8-13-14(9-20)17(23)21(16(13)22)7-12-5-3-2-4-6-12/h2-6,13-14H,7-10H2,1H3. The van der Waals surface area contributed by atoms with Crippen molar-refractivity contribution in [3.8, 4) is 0 Å². The summed E-state index contributed by atoms with van der Waals surface area (Å²) in [6.45, 7) is 3.69. The number of benzene rings is 1. The van der Waals surface area contributed by atoms with Crippen molar-refractivity contribution in [2.75, 3.05) is 13.1 Å². The number of aromatic nitrogens is 2. The molecule has 2 aliphatic rings. The van der Waals surface area contributed by atoms with Crippen molar-refractivity contribution in [1.82, 2.24) is 20.0 Å².